The average molecular weight is 298 g/mol. The van der Waals surface area contributed by atoms with Crippen LogP contribution in [0.25, 0.3) is 10.9 Å². The van der Waals surface area contributed by atoms with E-state index in [1.807, 2.05) is 19.1 Å². The number of nitrogens with one attached hydrogen (secondary N) is 1. The van der Waals surface area contributed by atoms with E-state index in [0.717, 1.165) is 36.1 Å². The molecule has 0 radical (unpaired) electrons. The van der Waals surface area contributed by atoms with Gasteiger partial charge in [-0.1, -0.05) is 12.1 Å². The third kappa shape index (κ3) is 3.01. The molecule has 0 bridgehead atoms. The Balaban J connectivity index is 1.83. The second kappa shape index (κ2) is 5.88. The van der Waals surface area contributed by atoms with Gasteiger partial charge in [0.15, 0.2) is 5.96 Å². The summed E-state index contributed by atoms with van der Waals surface area (Å²) >= 11 is 0. The van der Waals surface area contributed by atoms with E-state index in [-0.39, 0.29) is 6.04 Å². The summed E-state index contributed by atoms with van der Waals surface area (Å²) in [6, 6.07) is 6.31. The summed E-state index contributed by atoms with van der Waals surface area (Å²) < 4.78 is 0. The Morgan fingerprint density at radius 2 is 2.18 bits per heavy atom. The fourth-order valence-corrected chi connectivity index (χ4v) is 2.99. The lowest BCUT2D eigenvalue weighted by Gasteiger charge is -2.10. The molecule has 0 spiro atoms. The van der Waals surface area contributed by atoms with Crippen molar-refractivity contribution in [2.45, 2.75) is 26.3 Å². The van der Waals surface area contributed by atoms with E-state index in [0.29, 0.717) is 11.9 Å². The largest absolute Gasteiger partial charge is 0.370 e. The lowest BCUT2D eigenvalue weighted by atomic mass is 10.1. The Morgan fingerprint density at radius 1 is 1.36 bits per heavy atom. The van der Waals surface area contributed by atoms with Gasteiger partial charge in [0.1, 0.15) is 0 Å². The molecule has 1 fully saturated rings. The van der Waals surface area contributed by atoms with Gasteiger partial charge in [0.25, 0.3) is 0 Å². The number of guanidine groups is 1. The van der Waals surface area contributed by atoms with Crippen LogP contribution >= 0.6 is 0 Å². The summed E-state index contributed by atoms with van der Waals surface area (Å²) in [5.41, 5.74) is 9.04. The molecular weight excluding hydrogens is 276 g/mol. The molecule has 3 rings (SSSR count). The van der Waals surface area contributed by atoms with Crippen LogP contribution in [0.5, 0.6) is 0 Å². The molecule has 0 unspecified atom stereocenters. The number of likely N-dealkylation sites (N-methyl/N-ethyl adjacent to an activating group) is 1. The van der Waals surface area contributed by atoms with Gasteiger partial charge < -0.3 is 10.6 Å². The highest BCUT2D eigenvalue weighted by molar-refractivity contribution is 5.92. The molecule has 2 aromatic rings. The van der Waals surface area contributed by atoms with Gasteiger partial charge in [-0.2, -0.15) is 0 Å². The highest BCUT2D eigenvalue weighted by Crippen LogP contribution is 2.20. The van der Waals surface area contributed by atoms with Gasteiger partial charge in [-0.25, -0.2) is 15.0 Å². The Bertz CT molecular complexity index is 724. The number of hydrogen-bond donors (Lipinski definition) is 2. The molecule has 6 nitrogen and oxygen atoms in total. The van der Waals surface area contributed by atoms with Crippen LogP contribution in [-0.2, 0) is 0 Å². The number of hydrogen-bond acceptors (Lipinski definition) is 4. The second-order valence-corrected chi connectivity index (χ2v) is 5.95. The molecule has 22 heavy (non-hydrogen) atoms. The van der Waals surface area contributed by atoms with E-state index >= 15 is 0 Å². The van der Waals surface area contributed by atoms with Crippen molar-refractivity contribution in [1.82, 2.24) is 14.9 Å². The first-order chi connectivity index (χ1) is 10.5. The Hall–Kier alpha value is -2.21. The quantitative estimate of drug-likeness (QED) is 0.651. The van der Waals surface area contributed by atoms with Crippen molar-refractivity contribution in [2.24, 2.45) is 10.7 Å². The molecule has 1 aromatic heterocycles. The van der Waals surface area contributed by atoms with Crippen molar-refractivity contribution in [3.05, 3.63) is 29.5 Å². The van der Waals surface area contributed by atoms with Crippen LogP contribution in [0.1, 0.15) is 17.7 Å². The molecule has 6 heteroatoms. The molecule has 0 saturated carbocycles. The summed E-state index contributed by atoms with van der Waals surface area (Å²) in [6.45, 7) is 6.06. The zero-order chi connectivity index (χ0) is 15.7. The minimum absolute atomic E-state index is 0.251. The maximum atomic E-state index is 6.00. The van der Waals surface area contributed by atoms with Crippen LogP contribution in [0, 0.1) is 13.8 Å². The molecule has 116 valence electrons. The van der Waals surface area contributed by atoms with E-state index in [9.17, 15) is 0 Å². The van der Waals surface area contributed by atoms with Crippen LogP contribution in [0.4, 0.5) is 5.95 Å². The minimum Gasteiger partial charge on any atom is -0.370 e. The number of rotatable bonds is 2. The lowest BCUT2D eigenvalue weighted by molar-refractivity contribution is 0.411. The number of fused-ring (bicyclic) bond motifs is 1. The summed E-state index contributed by atoms with van der Waals surface area (Å²) in [5, 5.41) is 4.12. The van der Waals surface area contributed by atoms with E-state index in [1.165, 1.54) is 5.56 Å². The maximum absolute atomic E-state index is 6.00. The van der Waals surface area contributed by atoms with Gasteiger partial charge in [0.2, 0.25) is 5.95 Å². The normalized spacial score (nSPS) is 19.8. The van der Waals surface area contributed by atoms with E-state index in [2.05, 4.69) is 45.2 Å². The fraction of sp³-hybridized carbons (Fsp3) is 0.438. The van der Waals surface area contributed by atoms with Crippen molar-refractivity contribution in [1.29, 1.82) is 0 Å². The topological polar surface area (TPSA) is 79.4 Å². The minimum atomic E-state index is 0.251. The van der Waals surface area contributed by atoms with Gasteiger partial charge >= 0.3 is 0 Å². The molecule has 1 aliphatic heterocycles. The molecule has 1 aromatic carbocycles. The van der Waals surface area contributed by atoms with Crippen molar-refractivity contribution in [2.75, 3.05) is 25.5 Å². The molecule has 2 heterocycles. The lowest BCUT2D eigenvalue weighted by Crippen LogP contribution is -2.27. The third-order valence-corrected chi connectivity index (χ3v) is 4.04. The summed E-state index contributed by atoms with van der Waals surface area (Å²) in [7, 11) is 2.09. The molecule has 1 aliphatic rings. The third-order valence-electron chi connectivity index (χ3n) is 4.04. The zero-order valence-corrected chi connectivity index (χ0v) is 13.3. The number of aliphatic imine (C=N–C) groups is 1. The Kier molecular flexibility index (Phi) is 3.94. The number of nitrogens with two attached hydrogens (primary N) is 1. The van der Waals surface area contributed by atoms with Crippen molar-refractivity contribution < 1.29 is 0 Å². The monoisotopic (exact) mass is 298 g/mol. The summed E-state index contributed by atoms with van der Waals surface area (Å²) in [4.78, 5) is 15.8. The van der Waals surface area contributed by atoms with E-state index in [4.69, 9.17) is 5.73 Å². The smallest absolute Gasteiger partial charge is 0.230 e. The number of aromatic nitrogens is 2. The predicted molar refractivity (Wildman–Crippen MR) is 90.2 cm³/mol. The molecule has 0 aliphatic carbocycles. The first-order valence-corrected chi connectivity index (χ1v) is 7.56. The highest BCUT2D eigenvalue weighted by Gasteiger charge is 2.18. The van der Waals surface area contributed by atoms with Gasteiger partial charge in [0.05, 0.1) is 17.3 Å². The van der Waals surface area contributed by atoms with Gasteiger partial charge in [-0.05, 0) is 45.5 Å². The molecule has 0 amide bonds. The standard InChI is InChI=1S/C16H22N6/c1-10-5-4-6-13-14(10)11(2)18-16(20-13)21-15(17)19-12-7-8-22(3)9-12/h4-6,12H,7-9H2,1-3H3,(H3,17,18,19,20,21)/t12-/m0/s1. The van der Waals surface area contributed by atoms with Crippen LogP contribution in [0.15, 0.2) is 23.2 Å². The van der Waals surface area contributed by atoms with Crippen molar-refractivity contribution >= 4 is 22.8 Å². The van der Waals surface area contributed by atoms with E-state index in [1.54, 1.807) is 0 Å². The SMILES string of the molecule is Cc1cccc2nc(NC(N)=N[C@H]3CCN(C)C3)nc(C)c12. The Labute approximate surface area is 130 Å². The summed E-state index contributed by atoms with van der Waals surface area (Å²) in [6.07, 6.45) is 1.04. The maximum Gasteiger partial charge on any atom is 0.230 e. The number of likely N-dealkylation sites (tertiary alicyclic amines) is 1. The number of nitrogens with zero attached hydrogens (tertiary/aromatic N) is 4. The highest BCUT2D eigenvalue weighted by atomic mass is 15.2. The van der Waals surface area contributed by atoms with Gasteiger partial charge in [0, 0.05) is 11.9 Å². The fourth-order valence-electron chi connectivity index (χ4n) is 2.99. The predicted octanol–water partition coefficient (Wildman–Crippen LogP) is 1.68. The van der Waals surface area contributed by atoms with Crippen molar-refractivity contribution in [3.63, 3.8) is 0 Å². The van der Waals surface area contributed by atoms with Gasteiger partial charge in [-0.3, -0.25) is 5.32 Å². The molecule has 1 saturated heterocycles. The van der Waals surface area contributed by atoms with E-state index < -0.39 is 0 Å². The number of benzene rings is 1. The van der Waals surface area contributed by atoms with Crippen LogP contribution in [0.2, 0.25) is 0 Å². The first-order valence-electron chi connectivity index (χ1n) is 7.56. The molecular formula is C16H22N6. The van der Waals surface area contributed by atoms with Gasteiger partial charge in [-0.15, -0.1) is 0 Å². The van der Waals surface area contributed by atoms with Crippen LogP contribution < -0.4 is 11.1 Å². The second-order valence-electron chi connectivity index (χ2n) is 5.95. The number of aryl methyl sites for hydroxylation is 2. The van der Waals surface area contributed by atoms with Crippen LogP contribution in [-0.4, -0.2) is 47.0 Å². The number of anilines is 1. The molecule has 3 N–H and O–H groups in total. The average Bonchev–Trinajstić information content (AvgIpc) is 2.83. The zero-order valence-electron chi connectivity index (χ0n) is 13.3. The van der Waals surface area contributed by atoms with Crippen LogP contribution in [0.3, 0.4) is 0 Å². The first kappa shape index (κ1) is 14.7. The summed E-state index contributed by atoms with van der Waals surface area (Å²) in [5.74, 6) is 0.884. The molecule has 1 atom stereocenters. The Morgan fingerprint density at radius 3 is 2.91 bits per heavy atom. The van der Waals surface area contributed by atoms with Crippen molar-refractivity contribution in [3.8, 4) is 0 Å².